The number of hydrogen-bond acceptors (Lipinski definition) is 8. The van der Waals surface area contributed by atoms with Crippen molar-refractivity contribution in [1.82, 2.24) is 9.88 Å². The minimum absolute atomic E-state index is 0.0530. The Kier molecular flexibility index (Phi) is 7.72. The third-order valence-electron chi connectivity index (χ3n) is 7.35. The second kappa shape index (κ2) is 11.4. The fourth-order valence-electron chi connectivity index (χ4n) is 5.58. The molecule has 3 unspecified atom stereocenters. The molecule has 0 radical (unpaired) electrons. The van der Waals surface area contributed by atoms with Crippen LogP contribution < -0.4 is 15.8 Å². The predicted molar refractivity (Wildman–Crippen MR) is 154 cm³/mol. The van der Waals surface area contributed by atoms with Crippen molar-refractivity contribution < 1.29 is 9.84 Å². The number of aliphatic hydroxyl groups excluding tert-OH is 1. The number of morpholine rings is 1. The third kappa shape index (κ3) is 5.77. The van der Waals surface area contributed by atoms with Gasteiger partial charge in [-0.25, -0.2) is 0 Å². The Morgan fingerprint density at radius 1 is 1.11 bits per heavy atom. The van der Waals surface area contributed by atoms with Crippen LogP contribution >= 0.6 is 23.5 Å². The standard InChI is InChI=1S/C29H34N4O3S2/c1-19(16-32-11-3-4-22(34)17-32)31-20-7-8-25-27(14-20)37-26-6-2-5-23(29(26)38-25)24-18-33(12-13-36-24)21-9-10-30-28(35)15-21/h2,5-10,14-15,19,22,24,31,34H,3-4,11-13,16-18H2,1H3,(H,30,35). The maximum absolute atomic E-state index is 11.8. The van der Waals surface area contributed by atoms with Crippen LogP contribution in [0.3, 0.4) is 0 Å². The molecular formula is C29H34N4O3S2. The third-order valence-corrected chi connectivity index (χ3v) is 9.96. The van der Waals surface area contributed by atoms with Gasteiger partial charge in [-0.15, -0.1) is 0 Å². The molecule has 3 aliphatic heterocycles. The number of aromatic amines is 1. The van der Waals surface area contributed by atoms with E-state index in [9.17, 15) is 9.90 Å². The topological polar surface area (TPSA) is 80.8 Å². The van der Waals surface area contributed by atoms with Crippen molar-refractivity contribution >= 4 is 34.9 Å². The molecular weight excluding hydrogens is 516 g/mol. The van der Waals surface area contributed by atoms with Gasteiger partial charge in [0.2, 0.25) is 5.56 Å². The van der Waals surface area contributed by atoms with Gasteiger partial charge in [0.05, 0.1) is 12.7 Å². The number of benzene rings is 2. The summed E-state index contributed by atoms with van der Waals surface area (Å²) < 4.78 is 6.25. The van der Waals surface area contributed by atoms with Gasteiger partial charge in [-0.2, -0.15) is 0 Å². The Morgan fingerprint density at radius 2 is 2.03 bits per heavy atom. The van der Waals surface area contributed by atoms with Gasteiger partial charge in [-0.1, -0.05) is 35.7 Å². The first kappa shape index (κ1) is 25.8. The van der Waals surface area contributed by atoms with Crippen LogP contribution in [0, 0.1) is 0 Å². The van der Waals surface area contributed by atoms with Crippen molar-refractivity contribution in [2.45, 2.75) is 57.6 Å². The lowest BCUT2D eigenvalue weighted by Crippen LogP contribution is -2.43. The van der Waals surface area contributed by atoms with Gasteiger partial charge in [-0.3, -0.25) is 9.69 Å². The number of rotatable bonds is 6. The van der Waals surface area contributed by atoms with Crippen molar-refractivity contribution in [1.29, 1.82) is 0 Å². The van der Waals surface area contributed by atoms with Crippen molar-refractivity contribution in [3.63, 3.8) is 0 Å². The van der Waals surface area contributed by atoms with Crippen molar-refractivity contribution in [3.8, 4) is 0 Å². The van der Waals surface area contributed by atoms with E-state index in [4.69, 9.17) is 4.74 Å². The maximum Gasteiger partial charge on any atom is 0.249 e. The average Bonchev–Trinajstić information content (AvgIpc) is 2.91. The van der Waals surface area contributed by atoms with Crippen LogP contribution in [0.25, 0.3) is 0 Å². The molecule has 200 valence electrons. The summed E-state index contributed by atoms with van der Waals surface area (Å²) in [7, 11) is 0. The van der Waals surface area contributed by atoms with Crippen LogP contribution in [0.4, 0.5) is 11.4 Å². The normalized spacial score (nSPS) is 22.4. The fourth-order valence-corrected chi connectivity index (χ4v) is 8.03. The lowest BCUT2D eigenvalue weighted by atomic mass is 10.1. The number of nitrogens with one attached hydrogen (secondary N) is 2. The van der Waals surface area contributed by atoms with E-state index >= 15 is 0 Å². The Balaban J connectivity index is 1.15. The summed E-state index contributed by atoms with van der Waals surface area (Å²) in [4.78, 5) is 24.2. The van der Waals surface area contributed by atoms with Gasteiger partial charge in [0.15, 0.2) is 0 Å². The van der Waals surface area contributed by atoms with Gasteiger partial charge in [0, 0.05) is 75.4 Å². The first-order valence-electron chi connectivity index (χ1n) is 13.4. The Hall–Kier alpha value is -2.43. The van der Waals surface area contributed by atoms with Crippen molar-refractivity contribution in [2.24, 2.45) is 0 Å². The van der Waals surface area contributed by atoms with E-state index in [1.54, 1.807) is 12.3 Å². The van der Waals surface area contributed by atoms with Crippen LogP contribution in [0.1, 0.15) is 31.4 Å². The number of aromatic nitrogens is 1. The van der Waals surface area contributed by atoms with E-state index in [2.05, 4.69) is 63.4 Å². The SMILES string of the molecule is CC(CN1CCCC(O)C1)Nc1ccc2c(c1)Sc1cccc(C3CN(c4cc[nH]c(=O)c4)CCO3)c1S2. The van der Waals surface area contributed by atoms with Gasteiger partial charge in [0.25, 0.3) is 0 Å². The first-order chi connectivity index (χ1) is 18.5. The van der Waals surface area contributed by atoms with Gasteiger partial charge >= 0.3 is 0 Å². The Morgan fingerprint density at radius 3 is 2.89 bits per heavy atom. The second-order valence-corrected chi connectivity index (χ2v) is 12.5. The highest BCUT2D eigenvalue weighted by atomic mass is 32.2. The minimum atomic E-state index is -0.192. The molecule has 0 bridgehead atoms. The average molecular weight is 551 g/mol. The number of likely N-dealkylation sites (tertiary alicyclic amines) is 1. The summed E-state index contributed by atoms with van der Waals surface area (Å²) in [5.74, 6) is 0. The van der Waals surface area contributed by atoms with Crippen LogP contribution in [0.15, 0.2) is 79.1 Å². The van der Waals surface area contributed by atoms with Crippen LogP contribution in [0.2, 0.25) is 0 Å². The van der Waals surface area contributed by atoms with Crippen LogP contribution in [-0.4, -0.2) is 66.5 Å². The summed E-state index contributed by atoms with van der Waals surface area (Å²) in [6, 6.07) is 17.1. The van der Waals surface area contributed by atoms with E-state index in [0.29, 0.717) is 19.2 Å². The number of hydrogen-bond donors (Lipinski definition) is 3. The zero-order chi connectivity index (χ0) is 26.1. The number of anilines is 2. The molecule has 3 N–H and O–H groups in total. The van der Waals surface area contributed by atoms with Crippen LogP contribution in [-0.2, 0) is 4.74 Å². The molecule has 0 saturated carbocycles. The molecule has 2 aromatic carbocycles. The summed E-state index contributed by atoms with van der Waals surface area (Å²) in [5, 5.41) is 13.7. The zero-order valence-corrected chi connectivity index (χ0v) is 23.2. The molecule has 3 aromatic rings. The maximum atomic E-state index is 11.8. The second-order valence-electron chi connectivity index (χ2n) is 10.4. The number of β-amino-alcohol motifs (C(OH)–C–C–N with tert-alkyl or cyclic N) is 1. The van der Waals surface area contributed by atoms with E-state index in [-0.39, 0.29) is 17.8 Å². The quantitative estimate of drug-likeness (QED) is 0.315. The molecule has 6 rings (SSSR count). The van der Waals surface area contributed by atoms with E-state index in [0.717, 1.165) is 50.4 Å². The summed E-state index contributed by atoms with van der Waals surface area (Å²) >= 11 is 3.64. The highest BCUT2D eigenvalue weighted by Gasteiger charge is 2.28. The van der Waals surface area contributed by atoms with Gasteiger partial charge in [0.1, 0.15) is 6.10 Å². The molecule has 7 nitrogen and oxygen atoms in total. The van der Waals surface area contributed by atoms with Crippen molar-refractivity contribution in [2.75, 3.05) is 49.5 Å². The minimum Gasteiger partial charge on any atom is -0.392 e. The van der Waals surface area contributed by atoms with E-state index in [1.807, 2.05) is 29.6 Å². The molecule has 2 saturated heterocycles. The number of ether oxygens (including phenoxy) is 1. The summed E-state index contributed by atoms with van der Waals surface area (Å²) in [6.45, 7) is 7.08. The molecule has 4 heterocycles. The summed E-state index contributed by atoms with van der Waals surface area (Å²) in [6.07, 6.45) is 3.45. The summed E-state index contributed by atoms with van der Waals surface area (Å²) in [5.41, 5.74) is 3.19. The van der Waals surface area contributed by atoms with Crippen LogP contribution in [0.5, 0.6) is 0 Å². The molecule has 3 atom stereocenters. The Labute approximate surface area is 232 Å². The molecule has 0 amide bonds. The Bertz CT molecular complexity index is 1350. The molecule has 0 spiro atoms. The predicted octanol–water partition coefficient (Wildman–Crippen LogP) is 4.83. The number of H-pyrrole nitrogens is 1. The highest BCUT2D eigenvalue weighted by molar-refractivity contribution is 8.05. The number of aliphatic hydroxyl groups is 1. The monoisotopic (exact) mass is 550 g/mol. The lowest BCUT2D eigenvalue weighted by molar-refractivity contribution is 0.0379. The lowest BCUT2D eigenvalue weighted by Gasteiger charge is -2.36. The number of fused-ring (bicyclic) bond motifs is 2. The van der Waals surface area contributed by atoms with Gasteiger partial charge < -0.3 is 25.0 Å². The van der Waals surface area contributed by atoms with E-state index in [1.165, 1.54) is 25.1 Å². The van der Waals surface area contributed by atoms with Gasteiger partial charge in [-0.05, 0) is 62.2 Å². The van der Waals surface area contributed by atoms with E-state index < -0.39 is 0 Å². The molecule has 3 aliphatic rings. The molecule has 1 aromatic heterocycles. The number of piperidine rings is 1. The number of nitrogens with zero attached hydrogens (tertiary/aromatic N) is 2. The zero-order valence-electron chi connectivity index (χ0n) is 21.6. The smallest absolute Gasteiger partial charge is 0.249 e. The largest absolute Gasteiger partial charge is 0.392 e. The fraction of sp³-hybridized carbons (Fsp3) is 0.414. The molecule has 0 aliphatic carbocycles. The highest BCUT2D eigenvalue weighted by Crippen LogP contribution is 2.51. The molecule has 38 heavy (non-hydrogen) atoms. The molecule has 9 heteroatoms. The molecule has 2 fully saturated rings. The van der Waals surface area contributed by atoms with Crippen molar-refractivity contribution in [3.05, 3.63) is 70.6 Å². The number of pyridine rings is 1. The first-order valence-corrected chi connectivity index (χ1v) is 15.0.